The number of aromatic nitrogens is 1. The van der Waals surface area contributed by atoms with E-state index in [1.807, 2.05) is 23.6 Å². The number of thiazole rings is 1. The SMILES string of the molecule is CN(C(=O)CN1CCNCC1c1cccc(Cl)c1)c1nccs1.Cl.Cl. The van der Waals surface area contributed by atoms with Crippen LogP contribution in [0.4, 0.5) is 5.13 Å². The van der Waals surface area contributed by atoms with Crippen LogP contribution in [0.15, 0.2) is 35.8 Å². The number of amides is 1. The van der Waals surface area contributed by atoms with Crippen LogP contribution in [0.1, 0.15) is 11.6 Å². The smallest absolute Gasteiger partial charge is 0.242 e. The molecule has 2 heterocycles. The van der Waals surface area contributed by atoms with Crippen molar-refractivity contribution in [3.05, 3.63) is 46.4 Å². The van der Waals surface area contributed by atoms with Crippen molar-refractivity contribution in [1.29, 1.82) is 0 Å². The first-order valence-corrected chi connectivity index (χ1v) is 8.77. The van der Waals surface area contributed by atoms with Gasteiger partial charge in [0.2, 0.25) is 5.91 Å². The van der Waals surface area contributed by atoms with Gasteiger partial charge >= 0.3 is 0 Å². The number of anilines is 1. The van der Waals surface area contributed by atoms with Gasteiger partial charge in [0.1, 0.15) is 0 Å². The molecular weight excluding hydrogens is 403 g/mol. The average molecular weight is 424 g/mol. The fourth-order valence-corrected chi connectivity index (χ4v) is 3.57. The molecule has 0 bridgehead atoms. The Morgan fingerprint density at radius 1 is 1.48 bits per heavy atom. The highest BCUT2D eigenvalue weighted by atomic mass is 35.5. The maximum atomic E-state index is 12.6. The summed E-state index contributed by atoms with van der Waals surface area (Å²) in [5.41, 5.74) is 1.13. The normalized spacial score (nSPS) is 17.3. The molecule has 25 heavy (non-hydrogen) atoms. The summed E-state index contributed by atoms with van der Waals surface area (Å²) in [5.74, 6) is 0.0499. The van der Waals surface area contributed by atoms with E-state index >= 15 is 0 Å². The predicted octanol–water partition coefficient (Wildman–Crippen LogP) is 3.25. The lowest BCUT2D eigenvalue weighted by molar-refractivity contribution is -0.120. The molecular formula is C16H21Cl3N4OS. The van der Waals surface area contributed by atoms with Gasteiger partial charge in [-0.05, 0) is 17.7 Å². The van der Waals surface area contributed by atoms with Crippen molar-refractivity contribution >= 4 is 58.8 Å². The van der Waals surface area contributed by atoms with E-state index in [2.05, 4.69) is 21.3 Å². The first-order chi connectivity index (χ1) is 11.1. The average Bonchev–Trinajstić information content (AvgIpc) is 3.09. The first kappa shape index (κ1) is 22.2. The summed E-state index contributed by atoms with van der Waals surface area (Å²) in [4.78, 5) is 20.6. The lowest BCUT2D eigenvalue weighted by Gasteiger charge is -2.36. The van der Waals surface area contributed by atoms with Gasteiger partial charge in [0, 0.05) is 49.3 Å². The second kappa shape index (κ2) is 10.3. The van der Waals surface area contributed by atoms with Crippen LogP contribution in [0.5, 0.6) is 0 Å². The van der Waals surface area contributed by atoms with Crippen LogP contribution in [0.2, 0.25) is 5.02 Å². The maximum absolute atomic E-state index is 12.6. The topological polar surface area (TPSA) is 48.5 Å². The Morgan fingerprint density at radius 2 is 2.28 bits per heavy atom. The Labute approximate surface area is 169 Å². The quantitative estimate of drug-likeness (QED) is 0.820. The van der Waals surface area contributed by atoms with Gasteiger partial charge in [-0.2, -0.15) is 0 Å². The minimum atomic E-state index is 0. The van der Waals surface area contributed by atoms with Gasteiger partial charge in [-0.1, -0.05) is 23.7 Å². The monoisotopic (exact) mass is 422 g/mol. The van der Waals surface area contributed by atoms with Crippen molar-refractivity contribution in [2.24, 2.45) is 0 Å². The van der Waals surface area contributed by atoms with Crippen molar-refractivity contribution in [3.63, 3.8) is 0 Å². The van der Waals surface area contributed by atoms with E-state index in [1.165, 1.54) is 11.3 Å². The third kappa shape index (κ3) is 5.54. The van der Waals surface area contributed by atoms with E-state index in [0.717, 1.165) is 35.4 Å². The number of benzene rings is 1. The van der Waals surface area contributed by atoms with E-state index in [9.17, 15) is 4.79 Å². The van der Waals surface area contributed by atoms with Gasteiger partial charge in [-0.25, -0.2) is 4.98 Å². The molecule has 1 N–H and O–H groups in total. The first-order valence-electron chi connectivity index (χ1n) is 7.51. The molecule has 0 saturated carbocycles. The van der Waals surface area contributed by atoms with Crippen molar-refractivity contribution < 1.29 is 4.79 Å². The standard InChI is InChI=1S/C16H19ClN4OS.2ClH/c1-20(16-19-6-8-23-16)15(22)11-21-7-5-18-10-14(21)12-3-2-4-13(17)9-12;;/h2-4,6,8-9,14,18H,5,7,10-11H2,1H3;2*1H. The van der Waals surface area contributed by atoms with Crippen molar-refractivity contribution in [1.82, 2.24) is 15.2 Å². The minimum absolute atomic E-state index is 0. The fraction of sp³-hybridized carbons (Fsp3) is 0.375. The van der Waals surface area contributed by atoms with E-state index < -0.39 is 0 Å². The summed E-state index contributed by atoms with van der Waals surface area (Å²) in [7, 11) is 1.78. The van der Waals surface area contributed by atoms with Crippen LogP contribution < -0.4 is 10.2 Å². The molecule has 1 aliphatic rings. The number of hydrogen-bond acceptors (Lipinski definition) is 5. The van der Waals surface area contributed by atoms with Crippen LogP contribution in [0.25, 0.3) is 0 Å². The summed E-state index contributed by atoms with van der Waals surface area (Å²) in [6.45, 7) is 2.89. The largest absolute Gasteiger partial charge is 0.314 e. The Bertz CT molecular complexity index is 671. The molecule has 1 aromatic heterocycles. The summed E-state index contributed by atoms with van der Waals surface area (Å²) < 4.78 is 0. The number of hydrogen-bond donors (Lipinski definition) is 1. The molecule has 3 rings (SSSR count). The van der Waals surface area contributed by atoms with Crippen LogP contribution in [-0.2, 0) is 4.79 Å². The van der Waals surface area contributed by atoms with Crippen LogP contribution in [-0.4, -0.2) is 49.0 Å². The molecule has 0 spiro atoms. The van der Waals surface area contributed by atoms with Gasteiger partial charge in [-0.15, -0.1) is 36.2 Å². The molecule has 1 fully saturated rings. The molecule has 9 heteroatoms. The highest BCUT2D eigenvalue weighted by molar-refractivity contribution is 7.13. The van der Waals surface area contributed by atoms with Gasteiger partial charge in [0.25, 0.3) is 0 Å². The van der Waals surface area contributed by atoms with Crippen molar-refractivity contribution in [2.45, 2.75) is 6.04 Å². The van der Waals surface area contributed by atoms with E-state index in [1.54, 1.807) is 18.1 Å². The number of carbonyl (C=O) groups is 1. The number of carbonyl (C=O) groups excluding carboxylic acids is 1. The molecule has 0 radical (unpaired) electrons. The number of likely N-dealkylation sites (N-methyl/N-ethyl adjacent to an activating group) is 1. The summed E-state index contributed by atoms with van der Waals surface area (Å²) in [6.07, 6.45) is 1.71. The summed E-state index contributed by atoms with van der Waals surface area (Å²) in [6, 6.07) is 8.00. The molecule has 1 aromatic carbocycles. The Morgan fingerprint density at radius 3 is 2.96 bits per heavy atom. The Balaban J connectivity index is 0.00000156. The predicted molar refractivity (Wildman–Crippen MR) is 109 cm³/mol. The molecule has 0 aliphatic carbocycles. The molecule has 1 atom stereocenters. The number of rotatable bonds is 4. The van der Waals surface area contributed by atoms with E-state index in [0.29, 0.717) is 6.54 Å². The number of nitrogens with one attached hydrogen (secondary N) is 1. The fourth-order valence-electron chi connectivity index (χ4n) is 2.75. The van der Waals surface area contributed by atoms with Gasteiger partial charge in [0.05, 0.1) is 6.54 Å². The molecule has 1 amide bonds. The molecule has 1 saturated heterocycles. The van der Waals surface area contributed by atoms with Crippen LogP contribution in [0.3, 0.4) is 0 Å². The zero-order chi connectivity index (χ0) is 16.2. The lowest BCUT2D eigenvalue weighted by Crippen LogP contribution is -2.49. The Kier molecular flexibility index (Phi) is 9.13. The molecule has 1 unspecified atom stereocenters. The second-order valence-electron chi connectivity index (χ2n) is 5.51. The maximum Gasteiger partial charge on any atom is 0.242 e. The number of halogens is 3. The second-order valence-corrected chi connectivity index (χ2v) is 6.82. The lowest BCUT2D eigenvalue weighted by atomic mass is 10.0. The van der Waals surface area contributed by atoms with Gasteiger partial charge < -0.3 is 5.32 Å². The van der Waals surface area contributed by atoms with E-state index in [4.69, 9.17) is 11.6 Å². The zero-order valence-electron chi connectivity index (χ0n) is 13.7. The molecule has 1 aliphatic heterocycles. The third-order valence-corrected chi connectivity index (χ3v) is 5.09. The minimum Gasteiger partial charge on any atom is -0.314 e. The van der Waals surface area contributed by atoms with Gasteiger partial charge in [-0.3, -0.25) is 14.6 Å². The summed E-state index contributed by atoms with van der Waals surface area (Å²) in [5, 5.41) is 6.71. The third-order valence-electron chi connectivity index (χ3n) is 4.01. The molecule has 5 nitrogen and oxygen atoms in total. The number of piperazine rings is 1. The van der Waals surface area contributed by atoms with E-state index in [-0.39, 0.29) is 36.8 Å². The molecule has 2 aromatic rings. The van der Waals surface area contributed by atoms with Crippen LogP contribution >= 0.6 is 47.8 Å². The van der Waals surface area contributed by atoms with Crippen LogP contribution in [0, 0.1) is 0 Å². The highest BCUT2D eigenvalue weighted by Crippen LogP contribution is 2.25. The van der Waals surface area contributed by atoms with Gasteiger partial charge in [0.15, 0.2) is 5.13 Å². The van der Waals surface area contributed by atoms with Crippen molar-refractivity contribution in [2.75, 3.05) is 38.1 Å². The zero-order valence-corrected chi connectivity index (χ0v) is 16.9. The highest BCUT2D eigenvalue weighted by Gasteiger charge is 2.27. The van der Waals surface area contributed by atoms with Crippen molar-refractivity contribution in [3.8, 4) is 0 Å². The number of nitrogens with zero attached hydrogens (tertiary/aromatic N) is 3. The summed E-state index contributed by atoms with van der Waals surface area (Å²) >= 11 is 7.58. The Hall–Kier alpha value is -0.890. The molecule has 138 valence electrons.